The summed E-state index contributed by atoms with van der Waals surface area (Å²) in [5.41, 5.74) is -0.793. The second kappa shape index (κ2) is 4.75. The first kappa shape index (κ1) is 11.5. The van der Waals surface area contributed by atoms with Gasteiger partial charge in [-0.3, -0.25) is 9.59 Å². The Labute approximate surface area is 84.3 Å². The zero-order chi connectivity index (χ0) is 11.4. The van der Waals surface area contributed by atoms with Gasteiger partial charge in [-0.1, -0.05) is 0 Å². The number of alkyl halides is 2. The Morgan fingerprint density at radius 2 is 1.93 bits per heavy atom. The highest BCUT2D eigenvalue weighted by atomic mass is 19.3. The van der Waals surface area contributed by atoms with Crippen LogP contribution in [-0.2, 0) is 6.61 Å². The Hall–Kier alpha value is -1.62. The van der Waals surface area contributed by atoms with Crippen molar-refractivity contribution in [3.8, 4) is 0 Å². The molecule has 0 saturated carbocycles. The van der Waals surface area contributed by atoms with E-state index in [1.807, 2.05) is 0 Å². The lowest BCUT2D eigenvalue weighted by Gasteiger charge is -2.09. The SMILES string of the molecule is O=Cc1cc(C=O)c(C(F)F)c(CO)c1. The second-order valence-corrected chi connectivity index (χ2v) is 2.88. The van der Waals surface area contributed by atoms with Crippen LogP contribution in [0.15, 0.2) is 12.1 Å². The van der Waals surface area contributed by atoms with Gasteiger partial charge in [0.25, 0.3) is 6.43 Å². The number of carbonyl (C=O) groups excluding carboxylic acids is 2. The number of halogens is 2. The van der Waals surface area contributed by atoms with Gasteiger partial charge < -0.3 is 5.11 Å². The van der Waals surface area contributed by atoms with Crippen molar-refractivity contribution in [2.24, 2.45) is 0 Å². The molecule has 0 aliphatic rings. The van der Waals surface area contributed by atoms with Crippen molar-refractivity contribution >= 4 is 12.6 Å². The van der Waals surface area contributed by atoms with Crippen LogP contribution in [0.3, 0.4) is 0 Å². The van der Waals surface area contributed by atoms with Gasteiger partial charge in [0.1, 0.15) is 6.29 Å². The summed E-state index contributed by atoms with van der Waals surface area (Å²) in [5.74, 6) is 0. The number of aliphatic hydroxyl groups is 1. The number of benzene rings is 1. The standard InChI is InChI=1S/C10H8F2O3/c11-10(12)9-7(4-14)1-6(3-13)2-8(9)5-15/h1-4,10,15H,5H2. The Kier molecular flexibility index (Phi) is 3.62. The van der Waals surface area contributed by atoms with Gasteiger partial charge in [0.05, 0.1) is 6.61 Å². The number of carbonyl (C=O) groups is 2. The average Bonchev–Trinajstić information content (AvgIpc) is 2.26. The zero-order valence-electron chi connectivity index (χ0n) is 7.61. The molecule has 0 aliphatic heterocycles. The van der Waals surface area contributed by atoms with E-state index in [0.717, 1.165) is 12.1 Å². The normalized spacial score (nSPS) is 10.4. The third-order valence-electron chi connectivity index (χ3n) is 1.97. The molecule has 0 heterocycles. The largest absolute Gasteiger partial charge is 0.392 e. The van der Waals surface area contributed by atoms with Crippen molar-refractivity contribution in [2.75, 3.05) is 0 Å². The van der Waals surface area contributed by atoms with Crippen LogP contribution < -0.4 is 0 Å². The fourth-order valence-electron chi connectivity index (χ4n) is 1.33. The van der Waals surface area contributed by atoms with Crippen LogP contribution in [-0.4, -0.2) is 17.7 Å². The van der Waals surface area contributed by atoms with E-state index in [-0.39, 0.29) is 23.0 Å². The Balaban J connectivity index is 3.45. The van der Waals surface area contributed by atoms with Gasteiger partial charge in [-0.05, 0) is 17.7 Å². The average molecular weight is 214 g/mol. The van der Waals surface area contributed by atoms with Gasteiger partial charge in [-0.2, -0.15) is 0 Å². The second-order valence-electron chi connectivity index (χ2n) is 2.88. The van der Waals surface area contributed by atoms with Crippen molar-refractivity contribution in [3.63, 3.8) is 0 Å². The van der Waals surface area contributed by atoms with Crippen LogP contribution in [0.4, 0.5) is 8.78 Å². The van der Waals surface area contributed by atoms with E-state index >= 15 is 0 Å². The highest BCUT2D eigenvalue weighted by Crippen LogP contribution is 2.27. The van der Waals surface area contributed by atoms with Crippen molar-refractivity contribution in [1.82, 2.24) is 0 Å². The lowest BCUT2D eigenvalue weighted by atomic mass is 9.99. The molecule has 3 nitrogen and oxygen atoms in total. The predicted octanol–water partition coefficient (Wildman–Crippen LogP) is 1.74. The van der Waals surface area contributed by atoms with Gasteiger partial charge in [-0.25, -0.2) is 8.78 Å². The number of hydrogen-bond donors (Lipinski definition) is 1. The number of aldehydes is 2. The molecule has 80 valence electrons. The molecule has 0 fully saturated rings. The number of rotatable bonds is 4. The third kappa shape index (κ3) is 2.24. The van der Waals surface area contributed by atoms with E-state index in [1.54, 1.807) is 0 Å². The summed E-state index contributed by atoms with van der Waals surface area (Å²) in [4.78, 5) is 21.0. The van der Waals surface area contributed by atoms with Crippen LogP contribution in [0.5, 0.6) is 0 Å². The minimum atomic E-state index is -2.85. The summed E-state index contributed by atoms with van der Waals surface area (Å²) in [5, 5.41) is 8.84. The maximum absolute atomic E-state index is 12.5. The summed E-state index contributed by atoms with van der Waals surface area (Å²) in [6.45, 7) is -0.637. The van der Waals surface area contributed by atoms with E-state index in [4.69, 9.17) is 5.11 Å². The zero-order valence-corrected chi connectivity index (χ0v) is 7.61. The van der Waals surface area contributed by atoms with Gasteiger partial charge in [0.15, 0.2) is 6.29 Å². The fourth-order valence-corrected chi connectivity index (χ4v) is 1.33. The van der Waals surface area contributed by atoms with Crippen LogP contribution in [0.25, 0.3) is 0 Å². The summed E-state index contributed by atoms with van der Waals surface area (Å²) < 4.78 is 25.1. The minimum Gasteiger partial charge on any atom is -0.392 e. The predicted molar refractivity (Wildman–Crippen MR) is 48.1 cm³/mol. The third-order valence-corrected chi connectivity index (χ3v) is 1.97. The summed E-state index contributed by atoms with van der Waals surface area (Å²) in [6, 6.07) is 2.21. The summed E-state index contributed by atoms with van der Waals surface area (Å²) in [6.07, 6.45) is -2.18. The molecule has 0 aromatic heterocycles. The van der Waals surface area contributed by atoms with Crippen molar-refractivity contribution in [1.29, 1.82) is 0 Å². The molecule has 0 amide bonds. The maximum Gasteiger partial charge on any atom is 0.264 e. The molecule has 0 atom stereocenters. The van der Waals surface area contributed by atoms with Crippen LogP contribution in [0.2, 0.25) is 0 Å². The van der Waals surface area contributed by atoms with Crippen molar-refractivity contribution < 1.29 is 23.5 Å². The Morgan fingerprint density at radius 3 is 2.33 bits per heavy atom. The fraction of sp³-hybridized carbons (Fsp3) is 0.200. The summed E-state index contributed by atoms with van der Waals surface area (Å²) >= 11 is 0. The molecule has 1 aromatic carbocycles. The molecule has 1 rings (SSSR count). The first-order valence-electron chi connectivity index (χ1n) is 4.10. The molecule has 0 bridgehead atoms. The molecule has 1 N–H and O–H groups in total. The van der Waals surface area contributed by atoms with Gasteiger partial charge >= 0.3 is 0 Å². The quantitative estimate of drug-likeness (QED) is 0.776. The summed E-state index contributed by atoms with van der Waals surface area (Å²) in [7, 11) is 0. The van der Waals surface area contributed by atoms with E-state index in [9.17, 15) is 18.4 Å². The molecule has 0 saturated heterocycles. The van der Waals surface area contributed by atoms with Gasteiger partial charge in [-0.15, -0.1) is 0 Å². The molecule has 0 spiro atoms. The number of hydrogen-bond acceptors (Lipinski definition) is 3. The molecule has 1 aromatic rings. The van der Waals surface area contributed by atoms with Gasteiger partial charge in [0.2, 0.25) is 0 Å². The number of aliphatic hydroxyl groups excluding tert-OH is 1. The molecular formula is C10H8F2O3. The first-order valence-corrected chi connectivity index (χ1v) is 4.10. The van der Waals surface area contributed by atoms with Crippen LogP contribution in [0.1, 0.15) is 38.3 Å². The highest BCUT2D eigenvalue weighted by Gasteiger charge is 2.18. The maximum atomic E-state index is 12.5. The Bertz CT molecular complexity index is 388. The van der Waals surface area contributed by atoms with Gasteiger partial charge in [0, 0.05) is 16.7 Å². The molecular weight excluding hydrogens is 206 g/mol. The lowest BCUT2D eigenvalue weighted by molar-refractivity contribution is 0.110. The highest BCUT2D eigenvalue weighted by molar-refractivity contribution is 5.84. The van der Waals surface area contributed by atoms with E-state index < -0.39 is 18.6 Å². The topological polar surface area (TPSA) is 54.4 Å². The smallest absolute Gasteiger partial charge is 0.264 e. The molecule has 0 aliphatic carbocycles. The van der Waals surface area contributed by atoms with Crippen molar-refractivity contribution in [2.45, 2.75) is 13.0 Å². The molecule has 0 radical (unpaired) electrons. The molecule has 5 heteroatoms. The lowest BCUT2D eigenvalue weighted by Crippen LogP contribution is -2.02. The molecule has 15 heavy (non-hydrogen) atoms. The van der Waals surface area contributed by atoms with E-state index in [0.29, 0.717) is 6.29 Å². The van der Waals surface area contributed by atoms with Crippen LogP contribution >= 0.6 is 0 Å². The van der Waals surface area contributed by atoms with E-state index in [2.05, 4.69) is 0 Å². The Morgan fingerprint density at radius 1 is 1.27 bits per heavy atom. The van der Waals surface area contributed by atoms with Crippen molar-refractivity contribution in [3.05, 3.63) is 34.4 Å². The molecule has 0 unspecified atom stereocenters. The van der Waals surface area contributed by atoms with E-state index in [1.165, 1.54) is 0 Å². The minimum absolute atomic E-state index is 0.0885. The first-order chi connectivity index (χ1) is 7.13. The van der Waals surface area contributed by atoms with Crippen LogP contribution in [0, 0.1) is 0 Å². The monoisotopic (exact) mass is 214 g/mol.